The van der Waals surface area contributed by atoms with Crippen LogP contribution in [0, 0.1) is 0 Å². The second-order valence-corrected chi connectivity index (χ2v) is 4.08. The summed E-state index contributed by atoms with van der Waals surface area (Å²) in [6.45, 7) is 5.07. The van der Waals surface area contributed by atoms with E-state index in [4.69, 9.17) is 0 Å². The molecule has 96 valence electrons. The summed E-state index contributed by atoms with van der Waals surface area (Å²) in [5, 5.41) is 5.92. The second kappa shape index (κ2) is 5.91. The Kier molecular flexibility index (Phi) is 4.81. The molecule has 0 spiro atoms. The Morgan fingerprint density at radius 2 is 1.76 bits per heavy atom. The topological polar surface area (TPSA) is 24.1 Å². The molecular weight excluding hydrogens is 229 g/mol. The minimum atomic E-state index is -4.31. The molecule has 0 bridgehead atoms. The van der Waals surface area contributed by atoms with Gasteiger partial charge < -0.3 is 10.6 Å². The number of nitrogens with one attached hydrogen (secondary N) is 2. The van der Waals surface area contributed by atoms with Crippen molar-refractivity contribution in [3.63, 3.8) is 0 Å². The van der Waals surface area contributed by atoms with Crippen LogP contribution >= 0.6 is 0 Å². The van der Waals surface area contributed by atoms with Crippen LogP contribution in [0.1, 0.15) is 19.4 Å². The van der Waals surface area contributed by atoms with Crippen molar-refractivity contribution in [2.24, 2.45) is 0 Å². The first-order valence-corrected chi connectivity index (χ1v) is 5.54. The molecule has 5 heteroatoms. The molecule has 17 heavy (non-hydrogen) atoms. The molecule has 0 unspecified atom stereocenters. The van der Waals surface area contributed by atoms with E-state index in [2.05, 4.69) is 10.6 Å². The van der Waals surface area contributed by atoms with Gasteiger partial charge >= 0.3 is 6.18 Å². The average molecular weight is 246 g/mol. The fourth-order valence-corrected chi connectivity index (χ4v) is 1.44. The third-order valence-corrected chi connectivity index (χ3v) is 2.23. The smallest absolute Gasteiger partial charge is 0.383 e. The summed E-state index contributed by atoms with van der Waals surface area (Å²) < 4.78 is 37.9. The molecule has 1 aromatic carbocycles. The van der Waals surface area contributed by atoms with Gasteiger partial charge in [-0.05, 0) is 12.1 Å². The van der Waals surface area contributed by atoms with Crippen molar-refractivity contribution in [1.29, 1.82) is 0 Å². The van der Waals surface area contributed by atoms with E-state index in [0.29, 0.717) is 19.1 Å². The summed E-state index contributed by atoms with van der Waals surface area (Å²) in [6, 6.07) is 5.83. The van der Waals surface area contributed by atoms with E-state index in [1.165, 1.54) is 12.1 Å². The van der Waals surface area contributed by atoms with Crippen molar-refractivity contribution in [3.8, 4) is 0 Å². The molecule has 0 aliphatic rings. The van der Waals surface area contributed by atoms with Crippen LogP contribution in [0.3, 0.4) is 0 Å². The first-order valence-electron chi connectivity index (χ1n) is 5.54. The number of benzene rings is 1. The van der Waals surface area contributed by atoms with Crippen molar-refractivity contribution in [3.05, 3.63) is 29.8 Å². The Morgan fingerprint density at radius 1 is 1.12 bits per heavy atom. The number of halogens is 3. The highest BCUT2D eigenvalue weighted by Crippen LogP contribution is 2.34. The Bertz CT molecular complexity index is 348. The highest BCUT2D eigenvalue weighted by Gasteiger charge is 2.32. The van der Waals surface area contributed by atoms with Crippen LogP contribution in [0.25, 0.3) is 0 Å². The third-order valence-electron chi connectivity index (χ3n) is 2.23. The van der Waals surface area contributed by atoms with Crippen LogP contribution < -0.4 is 10.6 Å². The van der Waals surface area contributed by atoms with Gasteiger partial charge in [-0.15, -0.1) is 0 Å². The highest BCUT2D eigenvalue weighted by molar-refractivity contribution is 5.52. The van der Waals surface area contributed by atoms with Crippen molar-refractivity contribution in [1.82, 2.24) is 5.32 Å². The minimum Gasteiger partial charge on any atom is -0.383 e. The quantitative estimate of drug-likeness (QED) is 0.780. The summed E-state index contributed by atoms with van der Waals surface area (Å²) in [7, 11) is 0. The Hall–Kier alpha value is -1.23. The van der Waals surface area contributed by atoms with Gasteiger partial charge in [0.25, 0.3) is 0 Å². The minimum absolute atomic E-state index is 0.130. The van der Waals surface area contributed by atoms with Gasteiger partial charge in [0.1, 0.15) is 0 Å². The average Bonchev–Trinajstić information content (AvgIpc) is 2.23. The van der Waals surface area contributed by atoms with Crippen molar-refractivity contribution < 1.29 is 13.2 Å². The largest absolute Gasteiger partial charge is 0.418 e. The first-order chi connectivity index (χ1) is 7.91. The van der Waals surface area contributed by atoms with Gasteiger partial charge in [-0.1, -0.05) is 26.0 Å². The van der Waals surface area contributed by atoms with Crippen LogP contribution in [-0.2, 0) is 6.18 Å². The summed E-state index contributed by atoms with van der Waals surface area (Å²) in [5.41, 5.74) is -0.491. The molecule has 0 atom stereocenters. The van der Waals surface area contributed by atoms with Crippen LogP contribution in [0.15, 0.2) is 24.3 Å². The molecule has 0 saturated carbocycles. The fourth-order valence-electron chi connectivity index (χ4n) is 1.44. The van der Waals surface area contributed by atoms with E-state index < -0.39 is 11.7 Å². The van der Waals surface area contributed by atoms with E-state index in [0.717, 1.165) is 6.07 Å². The fraction of sp³-hybridized carbons (Fsp3) is 0.500. The molecule has 0 saturated heterocycles. The number of hydrogen-bond donors (Lipinski definition) is 2. The molecule has 0 radical (unpaired) electrons. The molecule has 0 aliphatic carbocycles. The zero-order valence-corrected chi connectivity index (χ0v) is 9.93. The standard InChI is InChI=1S/C12H17F3N2/c1-9(2)16-7-8-17-11-6-4-3-5-10(11)12(13,14)15/h3-6,9,16-17H,7-8H2,1-2H3. The maximum atomic E-state index is 12.6. The summed E-state index contributed by atoms with van der Waals surface area (Å²) in [4.78, 5) is 0. The number of anilines is 1. The zero-order valence-electron chi connectivity index (χ0n) is 9.93. The van der Waals surface area contributed by atoms with Crippen LogP contribution in [0.2, 0.25) is 0 Å². The molecule has 0 amide bonds. The van der Waals surface area contributed by atoms with Gasteiger partial charge in [-0.25, -0.2) is 0 Å². The number of hydrogen-bond acceptors (Lipinski definition) is 2. The molecule has 1 aromatic rings. The molecular formula is C12H17F3N2. The Morgan fingerprint density at radius 3 is 2.35 bits per heavy atom. The van der Waals surface area contributed by atoms with Crippen LogP contribution in [-0.4, -0.2) is 19.1 Å². The first kappa shape index (κ1) is 13.8. The van der Waals surface area contributed by atoms with Crippen molar-refractivity contribution >= 4 is 5.69 Å². The maximum absolute atomic E-state index is 12.6. The van der Waals surface area contributed by atoms with E-state index in [9.17, 15) is 13.2 Å². The third kappa shape index (κ3) is 4.65. The summed E-state index contributed by atoms with van der Waals surface area (Å²) >= 11 is 0. The van der Waals surface area contributed by atoms with Crippen LogP contribution in [0.4, 0.5) is 18.9 Å². The molecule has 0 aliphatic heterocycles. The lowest BCUT2D eigenvalue weighted by Gasteiger charge is -2.15. The molecule has 2 nitrogen and oxygen atoms in total. The summed E-state index contributed by atoms with van der Waals surface area (Å²) in [6.07, 6.45) is -4.31. The SMILES string of the molecule is CC(C)NCCNc1ccccc1C(F)(F)F. The Balaban J connectivity index is 2.59. The second-order valence-electron chi connectivity index (χ2n) is 4.08. The lowest BCUT2D eigenvalue weighted by Crippen LogP contribution is -2.28. The monoisotopic (exact) mass is 246 g/mol. The van der Waals surface area contributed by atoms with Crippen LogP contribution in [0.5, 0.6) is 0 Å². The van der Waals surface area contributed by atoms with E-state index >= 15 is 0 Å². The number of alkyl halides is 3. The molecule has 0 aromatic heterocycles. The number of rotatable bonds is 5. The van der Waals surface area contributed by atoms with Crippen molar-refractivity contribution in [2.45, 2.75) is 26.1 Å². The Labute approximate surface area is 99.2 Å². The molecule has 0 fully saturated rings. The van der Waals surface area contributed by atoms with Gasteiger partial charge in [-0.3, -0.25) is 0 Å². The lowest BCUT2D eigenvalue weighted by molar-refractivity contribution is -0.136. The van der Waals surface area contributed by atoms with E-state index in [1.54, 1.807) is 6.07 Å². The zero-order chi connectivity index (χ0) is 12.9. The van der Waals surface area contributed by atoms with Gasteiger partial charge in [0.15, 0.2) is 0 Å². The van der Waals surface area contributed by atoms with E-state index in [1.807, 2.05) is 13.8 Å². The predicted molar refractivity (Wildman–Crippen MR) is 63.1 cm³/mol. The highest BCUT2D eigenvalue weighted by atomic mass is 19.4. The maximum Gasteiger partial charge on any atom is 0.418 e. The van der Waals surface area contributed by atoms with E-state index in [-0.39, 0.29) is 5.69 Å². The molecule has 2 N–H and O–H groups in total. The van der Waals surface area contributed by atoms with Gasteiger partial charge in [0, 0.05) is 24.8 Å². The van der Waals surface area contributed by atoms with Crippen molar-refractivity contribution in [2.75, 3.05) is 18.4 Å². The molecule has 1 rings (SSSR count). The lowest BCUT2D eigenvalue weighted by atomic mass is 10.1. The number of para-hydroxylation sites is 1. The normalized spacial score (nSPS) is 11.9. The molecule has 0 heterocycles. The van der Waals surface area contributed by atoms with Gasteiger partial charge in [0.05, 0.1) is 5.56 Å². The van der Waals surface area contributed by atoms with Gasteiger partial charge in [0.2, 0.25) is 0 Å². The summed E-state index contributed by atoms with van der Waals surface area (Å²) in [5.74, 6) is 0. The predicted octanol–water partition coefficient (Wildman–Crippen LogP) is 3.12. The van der Waals surface area contributed by atoms with Gasteiger partial charge in [-0.2, -0.15) is 13.2 Å².